The van der Waals surface area contributed by atoms with Crippen LogP contribution in [0.5, 0.6) is 11.5 Å². The molecule has 7 heteroatoms. The number of para-hydroxylation sites is 4. The maximum Gasteiger partial charge on any atom is 0.258 e. The summed E-state index contributed by atoms with van der Waals surface area (Å²) in [6.45, 7) is 6.33. The average Bonchev–Trinajstić information content (AvgIpc) is 2.71. The smallest absolute Gasteiger partial charge is 0.258 e. The number of hydrogen-bond donors (Lipinski definition) is 2. The van der Waals surface area contributed by atoms with Gasteiger partial charge in [0.25, 0.3) is 5.91 Å². The fraction of sp³-hybridized carbons (Fsp3) is 0.227. The van der Waals surface area contributed by atoms with Gasteiger partial charge in [0.15, 0.2) is 0 Å². The first-order chi connectivity index (χ1) is 14.1. The van der Waals surface area contributed by atoms with E-state index >= 15 is 0 Å². The van der Waals surface area contributed by atoms with Crippen LogP contribution >= 0.6 is 0 Å². The largest absolute Gasteiger partial charge is 0.492 e. The summed E-state index contributed by atoms with van der Waals surface area (Å²) >= 11 is 0. The third-order valence-electron chi connectivity index (χ3n) is 3.85. The van der Waals surface area contributed by atoms with Gasteiger partial charge in [0, 0.05) is 12.4 Å². The number of nitrogens with one attached hydrogen (secondary N) is 2. The van der Waals surface area contributed by atoms with E-state index in [1.54, 1.807) is 12.1 Å². The molecule has 2 aromatic carbocycles. The van der Waals surface area contributed by atoms with Crippen LogP contribution < -0.4 is 20.1 Å². The molecular formula is C22H24N4O3. The maximum absolute atomic E-state index is 12.5. The molecule has 2 N–H and O–H groups in total. The van der Waals surface area contributed by atoms with Gasteiger partial charge >= 0.3 is 0 Å². The lowest BCUT2D eigenvalue weighted by Gasteiger charge is -2.14. The number of rotatable bonds is 8. The molecule has 0 saturated heterocycles. The van der Waals surface area contributed by atoms with Crippen molar-refractivity contribution in [3.63, 3.8) is 0 Å². The van der Waals surface area contributed by atoms with E-state index in [1.807, 2.05) is 57.2 Å². The summed E-state index contributed by atoms with van der Waals surface area (Å²) in [7, 11) is 0. The second kappa shape index (κ2) is 9.54. The van der Waals surface area contributed by atoms with Gasteiger partial charge < -0.3 is 20.1 Å². The summed E-state index contributed by atoms with van der Waals surface area (Å²) < 4.78 is 11.3. The van der Waals surface area contributed by atoms with E-state index in [-0.39, 0.29) is 12.0 Å². The zero-order valence-electron chi connectivity index (χ0n) is 16.7. The molecule has 0 unspecified atom stereocenters. The number of hydrogen-bond acceptors (Lipinski definition) is 6. The molecule has 0 radical (unpaired) electrons. The number of amides is 1. The van der Waals surface area contributed by atoms with Crippen molar-refractivity contribution in [2.24, 2.45) is 0 Å². The standard InChI is InChI=1S/C22H24N4O3/c1-4-28-19-11-7-5-9-17(19)25-21(27)16-13-23-22(24-14-16)26-18-10-6-8-12-20(18)29-15(2)3/h5-15H,4H2,1-3H3,(H,25,27)(H,23,24,26). The van der Waals surface area contributed by atoms with Crippen LogP contribution in [0, 0.1) is 0 Å². The molecule has 0 atom stereocenters. The lowest BCUT2D eigenvalue weighted by atomic mass is 10.2. The van der Waals surface area contributed by atoms with Gasteiger partial charge in [-0.05, 0) is 45.0 Å². The van der Waals surface area contributed by atoms with E-state index < -0.39 is 0 Å². The molecule has 7 nitrogen and oxygen atoms in total. The molecule has 150 valence electrons. The summed E-state index contributed by atoms with van der Waals surface area (Å²) in [4.78, 5) is 21.0. The van der Waals surface area contributed by atoms with Crippen molar-refractivity contribution in [1.82, 2.24) is 9.97 Å². The number of carbonyl (C=O) groups is 1. The van der Waals surface area contributed by atoms with Gasteiger partial charge in [-0.15, -0.1) is 0 Å². The van der Waals surface area contributed by atoms with Crippen molar-refractivity contribution in [3.8, 4) is 11.5 Å². The first-order valence-electron chi connectivity index (χ1n) is 9.44. The van der Waals surface area contributed by atoms with Gasteiger partial charge in [0.1, 0.15) is 11.5 Å². The highest BCUT2D eigenvalue weighted by Crippen LogP contribution is 2.27. The van der Waals surface area contributed by atoms with Crippen molar-refractivity contribution in [1.29, 1.82) is 0 Å². The van der Waals surface area contributed by atoms with Gasteiger partial charge in [-0.25, -0.2) is 9.97 Å². The molecule has 1 heterocycles. The van der Waals surface area contributed by atoms with E-state index in [0.717, 1.165) is 5.69 Å². The predicted molar refractivity (Wildman–Crippen MR) is 113 cm³/mol. The molecule has 29 heavy (non-hydrogen) atoms. The summed E-state index contributed by atoms with van der Waals surface area (Å²) in [5.74, 6) is 1.38. The van der Waals surface area contributed by atoms with E-state index in [0.29, 0.717) is 35.3 Å². The van der Waals surface area contributed by atoms with Crippen molar-refractivity contribution in [2.45, 2.75) is 26.9 Å². The Morgan fingerprint density at radius 3 is 2.24 bits per heavy atom. The number of anilines is 3. The van der Waals surface area contributed by atoms with Gasteiger partial charge in [0.05, 0.1) is 29.6 Å². The third-order valence-corrected chi connectivity index (χ3v) is 3.85. The lowest BCUT2D eigenvalue weighted by Crippen LogP contribution is -2.14. The Labute approximate surface area is 170 Å². The Balaban J connectivity index is 1.70. The Bertz CT molecular complexity index is 958. The average molecular weight is 392 g/mol. The molecule has 0 saturated carbocycles. The number of benzene rings is 2. The Kier molecular flexibility index (Phi) is 6.63. The molecule has 3 aromatic rings. The normalized spacial score (nSPS) is 10.5. The Hall–Kier alpha value is -3.61. The van der Waals surface area contributed by atoms with Gasteiger partial charge in [-0.2, -0.15) is 0 Å². The molecule has 0 fully saturated rings. The minimum absolute atomic E-state index is 0.0458. The quantitative estimate of drug-likeness (QED) is 0.580. The summed E-state index contributed by atoms with van der Waals surface area (Å²) in [5, 5.41) is 5.95. The molecule has 0 aliphatic carbocycles. The minimum Gasteiger partial charge on any atom is -0.492 e. The van der Waals surface area contributed by atoms with E-state index in [9.17, 15) is 4.79 Å². The lowest BCUT2D eigenvalue weighted by molar-refractivity contribution is 0.102. The summed E-state index contributed by atoms with van der Waals surface area (Å²) in [6.07, 6.45) is 2.99. The fourth-order valence-corrected chi connectivity index (χ4v) is 2.60. The highest BCUT2D eigenvalue weighted by Gasteiger charge is 2.12. The van der Waals surface area contributed by atoms with E-state index in [2.05, 4.69) is 20.6 Å². The molecule has 1 amide bonds. The number of ether oxygens (including phenoxy) is 2. The first-order valence-corrected chi connectivity index (χ1v) is 9.44. The monoisotopic (exact) mass is 392 g/mol. The highest BCUT2D eigenvalue weighted by atomic mass is 16.5. The van der Waals surface area contributed by atoms with Crippen molar-refractivity contribution < 1.29 is 14.3 Å². The Morgan fingerprint density at radius 1 is 0.966 bits per heavy atom. The van der Waals surface area contributed by atoms with Crippen LogP contribution in [0.15, 0.2) is 60.9 Å². The minimum atomic E-state index is -0.313. The molecule has 0 aliphatic rings. The van der Waals surface area contributed by atoms with Crippen molar-refractivity contribution in [3.05, 3.63) is 66.5 Å². The zero-order chi connectivity index (χ0) is 20.6. The van der Waals surface area contributed by atoms with Crippen LogP contribution in [0.3, 0.4) is 0 Å². The topological polar surface area (TPSA) is 85.4 Å². The van der Waals surface area contributed by atoms with E-state index in [4.69, 9.17) is 9.47 Å². The number of aromatic nitrogens is 2. The molecular weight excluding hydrogens is 368 g/mol. The van der Waals surface area contributed by atoms with Gasteiger partial charge in [-0.1, -0.05) is 24.3 Å². The van der Waals surface area contributed by atoms with Gasteiger partial charge in [0.2, 0.25) is 5.95 Å². The first kappa shape index (κ1) is 20.1. The van der Waals surface area contributed by atoms with Crippen LogP contribution in [-0.2, 0) is 0 Å². The number of carbonyl (C=O) groups excluding carboxylic acids is 1. The molecule has 0 bridgehead atoms. The zero-order valence-corrected chi connectivity index (χ0v) is 16.7. The maximum atomic E-state index is 12.5. The Morgan fingerprint density at radius 2 is 1.59 bits per heavy atom. The van der Waals surface area contributed by atoms with Gasteiger partial charge in [-0.3, -0.25) is 4.79 Å². The third kappa shape index (κ3) is 5.44. The van der Waals surface area contributed by atoms with Crippen LogP contribution in [0.25, 0.3) is 0 Å². The summed E-state index contributed by atoms with van der Waals surface area (Å²) in [6, 6.07) is 14.8. The van der Waals surface area contributed by atoms with Crippen molar-refractivity contribution in [2.75, 3.05) is 17.2 Å². The molecule has 3 rings (SSSR count). The SMILES string of the molecule is CCOc1ccccc1NC(=O)c1cnc(Nc2ccccc2OC(C)C)nc1. The molecule has 1 aromatic heterocycles. The molecule has 0 aliphatic heterocycles. The number of nitrogens with zero attached hydrogens (tertiary/aromatic N) is 2. The van der Waals surface area contributed by atoms with Crippen LogP contribution in [0.4, 0.5) is 17.3 Å². The summed E-state index contributed by atoms with van der Waals surface area (Å²) in [5.41, 5.74) is 1.69. The second-order valence-corrected chi connectivity index (χ2v) is 6.47. The fourth-order valence-electron chi connectivity index (χ4n) is 2.60. The second-order valence-electron chi connectivity index (χ2n) is 6.47. The van der Waals surface area contributed by atoms with Crippen molar-refractivity contribution >= 4 is 23.2 Å². The predicted octanol–water partition coefficient (Wildman–Crippen LogP) is 4.66. The van der Waals surface area contributed by atoms with Crippen LogP contribution in [0.2, 0.25) is 0 Å². The molecule has 0 spiro atoms. The van der Waals surface area contributed by atoms with E-state index in [1.165, 1.54) is 12.4 Å². The van der Waals surface area contributed by atoms with Crippen LogP contribution in [-0.4, -0.2) is 28.6 Å². The highest BCUT2D eigenvalue weighted by molar-refractivity contribution is 6.04. The van der Waals surface area contributed by atoms with Crippen LogP contribution in [0.1, 0.15) is 31.1 Å².